The third-order valence-electron chi connectivity index (χ3n) is 3.85. The van der Waals surface area contributed by atoms with Gasteiger partial charge in [0.1, 0.15) is 0 Å². The van der Waals surface area contributed by atoms with Crippen LogP contribution in [-0.4, -0.2) is 43.9 Å². The van der Waals surface area contributed by atoms with Crippen molar-refractivity contribution in [2.45, 2.75) is 90.1 Å². The van der Waals surface area contributed by atoms with Crippen LogP contribution < -0.4 is 0 Å². The molecule has 0 bridgehead atoms. The minimum absolute atomic E-state index is 0.0672. The van der Waals surface area contributed by atoms with Gasteiger partial charge in [0, 0.05) is 0 Å². The first-order valence-electron chi connectivity index (χ1n) is 9.34. The molecule has 0 amide bonds. The zero-order chi connectivity index (χ0) is 19.0. The zero-order valence-corrected chi connectivity index (χ0v) is 16.1. The highest BCUT2D eigenvalue weighted by atomic mass is 32.3. The topological polar surface area (TPSA) is 110 Å². The molecule has 0 saturated carbocycles. The maximum Gasteiger partial charge on any atom is 0.451 e. The van der Waals surface area contributed by atoms with E-state index in [-0.39, 0.29) is 6.61 Å². The first kappa shape index (κ1) is 24.3. The van der Waals surface area contributed by atoms with Crippen LogP contribution in [0, 0.1) is 0 Å². The molecule has 150 valence electrons. The number of carbonyl (C=O) groups is 1. The van der Waals surface area contributed by atoms with Crippen LogP contribution in [0.3, 0.4) is 0 Å². The lowest BCUT2D eigenvalue weighted by Crippen LogP contribution is -2.29. The molecule has 0 aromatic heterocycles. The van der Waals surface area contributed by atoms with Gasteiger partial charge in [0.2, 0.25) is 0 Å². The Labute approximate surface area is 152 Å². The average Bonchev–Trinajstić information content (AvgIpc) is 2.57. The van der Waals surface area contributed by atoms with Gasteiger partial charge in [0.15, 0.2) is 6.10 Å². The molecule has 0 aliphatic carbocycles. The normalized spacial score (nSPS) is 12.9. The summed E-state index contributed by atoms with van der Waals surface area (Å²) in [6.07, 6.45) is 12.0. The van der Waals surface area contributed by atoms with Gasteiger partial charge in [-0.3, -0.25) is 0 Å². The van der Waals surface area contributed by atoms with Crippen LogP contribution in [0.5, 0.6) is 0 Å². The van der Waals surface area contributed by atoms with Gasteiger partial charge in [0.25, 0.3) is 0 Å². The van der Waals surface area contributed by atoms with Crippen molar-refractivity contribution < 1.29 is 31.8 Å². The largest absolute Gasteiger partial charge is 0.451 e. The molecule has 0 aliphatic rings. The summed E-state index contributed by atoms with van der Waals surface area (Å²) in [4.78, 5) is 11.0. The van der Waals surface area contributed by atoms with Gasteiger partial charge >= 0.3 is 16.4 Å². The molecule has 0 heterocycles. The molecular weight excluding hydrogens is 348 g/mol. The van der Waals surface area contributed by atoms with Crippen LogP contribution >= 0.6 is 0 Å². The summed E-state index contributed by atoms with van der Waals surface area (Å²) in [6, 6.07) is 0. The fraction of sp³-hybridized carbons (Fsp3) is 0.941. The van der Waals surface area contributed by atoms with Gasteiger partial charge in [0.05, 0.1) is 13.2 Å². The van der Waals surface area contributed by atoms with Crippen molar-refractivity contribution >= 4 is 16.4 Å². The third kappa shape index (κ3) is 15.3. The number of hydrogen-bond acceptors (Lipinski definition) is 7. The van der Waals surface area contributed by atoms with E-state index in [4.69, 9.17) is 10.2 Å². The number of aliphatic hydroxyl groups is 2. The van der Waals surface area contributed by atoms with Crippen LogP contribution in [0.2, 0.25) is 0 Å². The van der Waals surface area contributed by atoms with Crippen LogP contribution in [0.15, 0.2) is 0 Å². The molecule has 0 aliphatic heterocycles. The second-order valence-corrected chi connectivity index (χ2v) is 7.44. The van der Waals surface area contributed by atoms with E-state index in [1.54, 1.807) is 0 Å². The molecule has 7 nitrogen and oxygen atoms in total. The third-order valence-corrected chi connectivity index (χ3v) is 4.68. The maximum absolute atomic E-state index is 11.3. The van der Waals surface area contributed by atoms with Crippen molar-refractivity contribution in [1.29, 1.82) is 0 Å². The Balaban J connectivity index is 3.47. The minimum Gasteiger partial charge on any atom is -0.393 e. The van der Waals surface area contributed by atoms with Crippen molar-refractivity contribution in [2.75, 3.05) is 13.2 Å². The minimum atomic E-state index is -4.47. The Kier molecular flexibility index (Phi) is 15.1. The van der Waals surface area contributed by atoms with E-state index >= 15 is 0 Å². The van der Waals surface area contributed by atoms with E-state index in [2.05, 4.69) is 15.3 Å². The fourth-order valence-corrected chi connectivity index (χ4v) is 3.04. The summed E-state index contributed by atoms with van der Waals surface area (Å²) in [7, 11) is -4.47. The van der Waals surface area contributed by atoms with E-state index in [1.807, 2.05) is 0 Å². The lowest BCUT2D eigenvalue weighted by Gasteiger charge is -2.08. The highest BCUT2D eigenvalue weighted by Gasteiger charge is 2.23. The van der Waals surface area contributed by atoms with E-state index in [9.17, 15) is 13.2 Å². The van der Waals surface area contributed by atoms with E-state index in [0.29, 0.717) is 6.42 Å². The number of unbranched alkanes of at least 4 members (excludes halogenated alkanes) is 11. The van der Waals surface area contributed by atoms with Gasteiger partial charge < -0.3 is 14.4 Å². The smallest absolute Gasteiger partial charge is 0.393 e. The van der Waals surface area contributed by atoms with Crippen molar-refractivity contribution in [1.82, 2.24) is 0 Å². The maximum atomic E-state index is 11.3. The van der Waals surface area contributed by atoms with Crippen molar-refractivity contribution in [2.24, 2.45) is 0 Å². The Morgan fingerprint density at radius 1 is 0.880 bits per heavy atom. The number of carbonyl (C=O) groups excluding carboxylic acids is 1. The molecule has 0 rings (SSSR count). The first-order valence-corrected chi connectivity index (χ1v) is 10.7. The molecular formula is C17H34O7S. The highest BCUT2D eigenvalue weighted by molar-refractivity contribution is 7.82. The molecule has 0 saturated heterocycles. The Morgan fingerprint density at radius 2 is 1.32 bits per heavy atom. The summed E-state index contributed by atoms with van der Waals surface area (Å²) < 4.78 is 31.1. The molecule has 0 spiro atoms. The lowest BCUT2D eigenvalue weighted by molar-refractivity contribution is -0.145. The number of aliphatic hydroxyl groups excluding tert-OH is 2. The summed E-state index contributed by atoms with van der Waals surface area (Å²) in [5.74, 6) is -1.45. The zero-order valence-electron chi connectivity index (χ0n) is 15.3. The van der Waals surface area contributed by atoms with Crippen LogP contribution in [0.25, 0.3) is 0 Å². The molecule has 1 atom stereocenters. The van der Waals surface area contributed by atoms with E-state index in [1.165, 1.54) is 51.4 Å². The SMILES string of the molecule is CCCCCCCCCCCCCCOS(=O)(=O)OC(=O)C(O)CO. The average molecular weight is 383 g/mol. The van der Waals surface area contributed by atoms with Crippen LogP contribution in [0.4, 0.5) is 0 Å². The second kappa shape index (κ2) is 15.5. The van der Waals surface area contributed by atoms with Gasteiger partial charge in [-0.15, -0.1) is 0 Å². The molecule has 0 aromatic rings. The molecule has 0 aromatic carbocycles. The van der Waals surface area contributed by atoms with E-state index in [0.717, 1.165) is 19.3 Å². The van der Waals surface area contributed by atoms with Crippen molar-refractivity contribution in [3.05, 3.63) is 0 Å². The van der Waals surface area contributed by atoms with E-state index < -0.39 is 29.1 Å². The number of rotatable bonds is 17. The van der Waals surface area contributed by atoms with Gasteiger partial charge in [-0.05, 0) is 6.42 Å². The fourth-order valence-electron chi connectivity index (χ4n) is 2.36. The molecule has 1 unspecified atom stereocenters. The number of hydrogen-bond donors (Lipinski definition) is 2. The molecule has 8 heteroatoms. The van der Waals surface area contributed by atoms with Gasteiger partial charge in [-0.25, -0.2) is 8.98 Å². The highest BCUT2D eigenvalue weighted by Crippen LogP contribution is 2.12. The predicted molar refractivity (Wildman–Crippen MR) is 95.1 cm³/mol. The van der Waals surface area contributed by atoms with Crippen LogP contribution in [0.1, 0.15) is 84.0 Å². The van der Waals surface area contributed by atoms with Crippen molar-refractivity contribution in [3.63, 3.8) is 0 Å². The standard InChI is InChI=1S/C17H34O7S/c1-2-3-4-5-6-7-8-9-10-11-12-13-14-23-25(21,22)24-17(20)16(19)15-18/h16,18-19H,2-15H2,1H3. The van der Waals surface area contributed by atoms with Crippen molar-refractivity contribution in [3.8, 4) is 0 Å². The van der Waals surface area contributed by atoms with Gasteiger partial charge in [-0.1, -0.05) is 77.6 Å². The molecule has 0 radical (unpaired) electrons. The Hall–Kier alpha value is -0.700. The van der Waals surface area contributed by atoms with Gasteiger partial charge in [-0.2, -0.15) is 8.42 Å². The molecule has 0 fully saturated rings. The lowest BCUT2D eigenvalue weighted by atomic mass is 10.1. The quantitative estimate of drug-likeness (QED) is 0.372. The summed E-state index contributed by atoms with van der Waals surface area (Å²) in [6.45, 7) is 1.24. The summed E-state index contributed by atoms with van der Waals surface area (Å²) in [5.41, 5.74) is 0. The predicted octanol–water partition coefficient (Wildman–Crippen LogP) is 2.85. The summed E-state index contributed by atoms with van der Waals surface area (Å²) in [5, 5.41) is 17.4. The molecule has 25 heavy (non-hydrogen) atoms. The Bertz CT molecular complexity index is 423. The second-order valence-electron chi connectivity index (χ2n) is 6.22. The monoisotopic (exact) mass is 382 g/mol. The summed E-state index contributed by atoms with van der Waals surface area (Å²) >= 11 is 0. The van der Waals surface area contributed by atoms with Crippen LogP contribution in [-0.2, 0) is 23.6 Å². The molecule has 2 N–H and O–H groups in total. The Morgan fingerprint density at radius 3 is 1.76 bits per heavy atom. The first-order chi connectivity index (χ1) is 11.9.